The van der Waals surface area contributed by atoms with Gasteiger partial charge in [-0.3, -0.25) is 4.90 Å². The summed E-state index contributed by atoms with van der Waals surface area (Å²) in [6, 6.07) is 6.01. The molecule has 1 aliphatic rings. The maximum atomic E-state index is 13.3. The second-order valence-electron chi connectivity index (χ2n) is 6.30. The van der Waals surface area contributed by atoms with Gasteiger partial charge in [0.15, 0.2) is 0 Å². The Hall–Kier alpha value is -0.930. The van der Waals surface area contributed by atoms with Crippen LogP contribution < -0.4 is 5.32 Å². The smallest absolute Gasteiger partial charge is 0.126 e. The van der Waals surface area contributed by atoms with Crippen molar-refractivity contribution in [3.8, 4) is 0 Å². The highest BCUT2D eigenvalue weighted by Gasteiger charge is 2.19. The molecule has 0 spiro atoms. The summed E-state index contributed by atoms with van der Waals surface area (Å²) in [6.07, 6.45) is 2.54. The molecule has 1 heterocycles. The molecule has 20 heavy (non-hydrogen) atoms. The predicted molar refractivity (Wildman–Crippen MR) is 82.3 cm³/mol. The van der Waals surface area contributed by atoms with Crippen molar-refractivity contribution < 1.29 is 4.39 Å². The van der Waals surface area contributed by atoms with E-state index in [1.807, 2.05) is 19.1 Å². The Morgan fingerprint density at radius 1 is 1.30 bits per heavy atom. The van der Waals surface area contributed by atoms with Gasteiger partial charge >= 0.3 is 0 Å². The molecule has 1 aliphatic heterocycles. The van der Waals surface area contributed by atoms with Crippen LogP contribution in [0.4, 0.5) is 4.39 Å². The highest BCUT2D eigenvalue weighted by atomic mass is 19.1. The molecule has 0 aromatic heterocycles. The molecule has 2 rings (SSSR count). The van der Waals surface area contributed by atoms with Gasteiger partial charge in [-0.1, -0.05) is 12.1 Å². The number of halogens is 1. The molecule has 0 unspecified atom stereocenters. The normalized spacial score (nSPS) is 17.1. The minimum atomic E-state index is -0.108. The van der Waals surface area contributed by atoms with Gasteiger partial charge in [0, 0.05) is 19.1 Å². The van der Waals surface area contributed by atoms with Gasteiger partial charge in [0.1, 0.15) is 5.82 Å². The average molecular weight is 278 g/mol. The number of rotatable bonds is 5. The summed E-state index contributed by atoms with van der Waals surface area (Å²) in [7, 11) is 0. The molecule has 3 heteroatoms. The van der Waals surface area contributed by atoms with E-state index in [1.54, 1.807) is 6.07 Å². The summed E-state index contributed by atoms with van der Waals surface area (Å²) in [6.45, 7) is 10.7. The van der Waals surface area contributed by atoms with Gasteiger partial charge in [0.25, 0.3) is 0 Å². The minimum absolute atomic E-state index is 0.108. The van der Waals surface area contributed by atoms with E-state index in [2.05, 4.69) is 24.1 Å². The van der Waals surface area contributed by atoms with E-state index in [0.29, 0.717) is 6.04 Å². The van der Waals surface area contributed by atoms with Crippen LogP contribution in [0.3, 0.4) is 0 Å². The molecule has 1 N–H and O–H groups in total. The van der Waals surface area contributed by atoms with Crippen molar-refractivity contribution in [3.05, 3.63) is 35.1 Å². The van der Waals surface area contributed by atoms with Crippen LogP contribution in [-0.2, 0) is 6.54 Å². The standard InChI is InChI=1S/C17H27FN2/c1-13(2)20(11-15-6-8-19-9-7-15)12-16-4-5-17(18)14(3)10-16/h4-5,10,13,15,19H,6-9,11-12H2,1-3H3. The first-order valence-electron chi connectivity index (χ1n) is 7.76. The van der Waals surface area contributed by atoms with Crippen molar-refractivity contribution in [2.24, 2.45) is 5.92 Å². The SMILES string of the molecule is Cc1cc(CN(CC2CCNCC2)C(C)C)ccc1F. The molecule has 0 radical (unpaired) electrons. The van der Waals surface area contributed by atoms with E-state index in [4.69, 9.17) is 0 Å². The number of piperidine rings is 1. The molecule has 0 amide bonds. The summed E-state index contributed by atoms with van der Waals surface area (Å²) in [5.74, 6) is 0.684. The fraction of sp³-hybridized carbons (Fsp3) is 0.647. The van der Waals surface area contributed by atoms with Crippen LogP contribution in [0.2, 0.25) is 0 Å². The Morgan fingerprint density at radius 3 is 2.60 bits per heavy atom. The number of nitrogens with zero attached hydrogens (tertiary/aromatic N) is 1. The lowest BCUT2D eigenvalue weighted by Crippen LogP contribution is -2.39. The second-order valence-corrected chi connectivity index (χ2v) is 6.30. The molecular weight excluding hydrogens is 251 g/mol. The van der Waals surface area contributed by atoms with Gasteiger partial charge in [-0.05, 0) is 69.8 Å². The molecule has 1 fully saturated rings. The molecule has 0 bridgehead atoms. The van der Waals surface area contributed by atoms with E-state index >= 15 is 0 Å². The third-order valence-electron chi connectivity index (χ3n) is 4.29. The number of benzene rings is 1. The monoisotopic (exact) mass is 278 g/mol. The molecule has 112 valence electrons. The summed E-state index contributed by atoms with van der Waals surface area (Å²) < 4.78 is 13.3. The highest BCUT2D eigenvalue weighted by Crippen LogP contribution is 2.18. The van der Waals surface area contributed by atoms with Gasteiger partial charge in [-0.2, -0.15) is 0 Å². The Balaban J connectivity index is 1.99. The summed E-state index contributed by atoms with van der Waals surface area (Å²) >= 11 is 0. The largest absolute Gasteiger partial charge is 0.317 e. The van der Waals surface area contributed by atoms with Gasteiger partial charge in [-0.15, -0.1) is 0 Å². The maximum absolute atomic E-state index is 13.3. The number of hydrogen-bond acceptors (Lipinski definition) is 2. The van der Waals surface area contributed by atoms with Crippen molar-refractivity contribution in [2.75, 3.05) is 19.6 Å². The van der Waals surface area contributed by atoms with Crippen LogP contribution in [0.1, 0.15) is 37.8 Å². The first-order chi connectivity index (χ1) is 9.56. The summed E-state index contributed by atoms with van der Waals surface area (Å²) in [5, 5.41) is 3.42. The second kappa shape index (κ2) is 7.19. The molecule has 0 aliphatic carbocycles. The molecule has 0 atom stereocenters. The number of hydrogen-bond donors (Lipinski definition) is 1. The van der Waals surface area contributed by atoms with E-state index in [1.165, 1.54) is 18.4 Å². The highest BCUT2D eigenvalue weighted by molar-refractivity contribution is 5.23. The van der Waals surface area contributed by atoms with E-state index in [9.17, 15) is 4.39 Å². The Morgan fingerprint density at radius 2 is 2.00 bits per heavy atom. The summed E-state index contributed by atoms with van der Waals surface area (Å²) in [4.78, 5) is 2.52. The van der Waals surface area contributed by atoms with Crippen molar-refractivity contribution in [1.29, 1.82) is 0 Å². The first kappa shape index (κ1) is 15.5. The quantitative estimate of drug-likeness (QED) is 0.888. The third kappa shape index (κ3) is 4.29. The van der Waals surface area contributed by atoms with Gasteiger partial charge in [0.05, 0.1) is 0 Å². The van der Waals surface area contributed by atoms with E-state index in [-0.39, 0.29) is 5.82 Å². The average Bonchev–Trinajstić information content (AvgIpc) is 2.43. The Bertz CT molecular complexity index is 425. The van der Waals surface area contributed by atoms with Crippen molar-refractivity contribution >= 4 is 0 Å². The van der Waals surface area contributed by atoms with Crippen molar-refractivity contribution in [2.45, 2.75) is 46.2 Å². The van der Waals surface area contributed by atoms with Gasteiger partial charge < -0.3 is 5.32 Å². The molecule has 0 saturated carbocycles. The predicted octanol–water partition coefficient (Wildman–Crippen LogP) is 3.34. The number of aryl methyl sites for hydroxylation is 1. The first-order valence-corrected chi connectivity index (χ1v) is 7.76. The maximum Gasteiger partial charge on any atom is 0.126 e. The van der Waals surface area contributed by atoms with Crippen LogP contribution in [-0.4, -0.2) is 30.6 Å². The zero-order valence-electron chi connectivity index (χ0n) is 13.0. The third-order valence-corrected chi connectivity index (χ3v) is 4.29. The van der Waals surface area contributed by atoms with Crippen molar-refractivity contribution in [1.82, 2.24) is 10.2 Å². The van der Waals surface area contributed by atoms with Crippen LogP contribution >= 0.6 is 0 Å². The Labute approximate surface area is 122 Å². The fourth-order valence-electron chi connectivity index (χ4n) is 2.89. The topological polar surface area (TPSA) is 15.3 Å². The number of nitrogens with one attached hydrogen (secondary N) is 1. The minimum Gasteiger partial charge on any atom is -0.317 e. The Kier molecular flexibility index (Phi) is 5.55. The van der Waals surface area contributed by atoms with Crippen molar-refractivity contribution in [3.63, 3.8) is 0 Å². The molecular formula is C17H27FN2. The molecule has 2 nitrogen and oxygen atoms in total. The van der Waals surface area contributed by atoms with Crippen LogP contribution in [0.5, 0.6) is 0 Å². The zero-order valence-corrected chi connectivity index (χ0v) is 13.0. The molecule has 1 saturated heterocycles. The molecule has 1 aromatic rings. The zero-order chi connectivity index (χ0) is 14.5. The lowest BCUT2D eigenvalue weighted by atomic mass is 9.96. The van der Waals surface area contributed by atoms with Crippen LogP contribution in [0, 0.1) is 18.7 Å². The lowest BCUT2D eigenvalue weighted by molar-refractivity contribution is 0.161. The lowest BCUT2D eigenvalue weighted by Gasteiger charge is -2.32. The van der Waals surface area contributed by atoms with E-state index < -0.39 is 0 Å². The summed E-state index contributed by atoms with van der Waals surface area (Å²) in [5.41, 5.74) is 1.96. The van der Waals surface area contributed by atoms with Gasteiger partial charge in [-0.25, -0.2) is 4.39 Å². The fourth-order valence-corrected chi connectivity index (χ4v) is 2.89. The van der Waals surface area contributed by atoms with Crippen LogP contribution in [0.15, 0.2) is 18.2 Å². The van der Waals surface area contributed by atoms with E-state index in [0.717, 1.165) is 37.7 Å². The van der Waals surface area contributed by atoms with Crippen LogP contribution in [0.25, 0.3) is 0 Å². The van der Waals surface area contributed by atoms with Gasteiger partial charge in [0.2, 0.25) is 0 Å². The molecule has 1 aromatic carbocycles.